The molecule has 0 bridgehead atoms. The molecule has 0 saturated heterocycles. The van der Waals surface area contributed by atoms with Crippen molar-refractivity contribution in [1.82, 2.24) is 5.32 Å². The summed E-state index contributed by atoms with van der Waals surface area (Å²) in [6, 6.07) is 6.01. The molecule has 2 amide bonds. The van der Waals surface area contributed by atoms with Crippen LogP contribution in [-0.4, -0.2) is 17.5 Å². The van der Waals surface area contributed by atoms with Crippen LogP contribution in [0.3, 0.4) is 0 Å². The fourth-order valence-electron chi connectivity index (χ4n) is 1.45. The average Bonchev–Trinajstić information content (AvgIpc) is 2.98. The van der Waals surface area contributed by atoms with E-state index in [2.05, 4.69) is 10.6 Å². The summed E-state index contributed by atoms with van der Waals surface area (Å²) in [5.74, 6) is -1.25. The molecule has 0 aliphatic heterocycles. The van der Waals surface area contributed by atoms with Crippen LogP contribution in [0.15, 0.2) is 24.3 Å². The number of urea groups is 1. The Kier molecular flexibility index (Phi) is 2.93. The predicted molar refractivity (Wildman–Crippen MR) is 60.6 cm³/mol. The summed E-state index contributed by atoms with van der Waals surface area (Å²) in [5, 5.41) is 16.1. The highest BCUT2D eigenvalue weighted by Gasteiger charge is 2.45. The minimum Gasteiger partial charge on any atom is -0.548 e. The van der Waals surface area contributed by atoms with Crippen LogP contribution in [-0.2, 0) is 4.79 Å². The Morgan fingerprint density at radius 3 is 2.59 bits per heavy atom. The second kappa shape index (κ2) is 4.25. The van der Waals surface area contributed by atoms with Gasteiger partial charge in [-0.2, -0.15) is 0 Å². The molecule has 0 spiro atoms. The normalized spacial score (nSPS) is 16.1. The molecular formula is C11H10ClN2O3-. The summed E-state index contributed by atoms with van der Waals surface area (Å²) >= 11 is 5.75. The number of amides is 2. The number of carbonyl (C=O) groups is 2. The highest BCUT2D eigenvalue weighted by molar-refractivity contribution is 6.30. The van der Waals surface area contributed by atoms with Crippen molar-refractivity contribution in [3.63, 3.8) is 0 Å². The molecule has 1 aromatic carbocycles. The average molecular weight is 254 g/mol. The summed E-state index contributed by atoms with van der Waals surface area (Å²) < 4.78 is 0. The van der Waals surface area contributed by atoms with Gasteiger partial charge in [0.2, 0.25) is 0 Å². The van der Waals surface area contributed by atoms with Gasteiger partial charge in [-0.15, -0.1) is 0 Å². The Balaban J connectivity index is 1.96. The van der Waals surface area contributed by atoms with E-state index in [1.165, 1.54) is 0 Å². The maximum absolute atomic E-state index is 11.5. The molecule has 1 fully saturated rings. The monoisotopic (exact) mass is 253 g/mol. The number of rotatable bonds is 3. The molecule has 90 valence electrons. The maximum Gasteiger partial charge on any atom is 0.319 e. The maximum atomic E-state index is 11.5. The van der Waals surface area contributed by atoms with Gasteiger partial charge in [-0.25, -0.2) is 4.79 Å². The standard InChI is InChI=1S/C11H11ClN2O3/c12-7-2-1-3-8(6-7)13-10(17)14-11(4-5-11)9(15)16/h1-3,6H,4-5H2,(H,15,16)(H2,13,14,17)/p-1. The number of aliphatic carboxylic acids is 1. The van der Waals surface area contributed by atoms with Gasteiger partial charge in [0, 0.05) is 10.7 Å². The lowest BCUT2D eigenvalue weighted by Crippen LogP contribution is -2.51. The van der Waals surface area contributed by atoms with E-state index >= 15 is 0 Å². The van der Waals surface area contributed by atoms with Crippen LogP contribution >= 0.6 is 11.6 Å². The number of anilines is 1. The van der Waals surface area contributed by atoms with Gasteiger partial charge in [-0.05, 0) is 31.0 Å². The Bertz CT molecular complexity index is 472. The van der Waals surface area contributed by atoms with Crippen LogP contribution in [0.1, 0.15) is 12.8 Å². The number of halogens is 1. The number of hydrogen-bond donors (Lipinski definition) is 2. The van der Waals surface area contributed by atoms with Crippen molar-refractivity contribution in [2.24, 2.45) is 0 Å². The van der Waals surface area contributed by atoms with E-state index in [0.29, 0.717) is 23.6 Å². The Morgan fingerprint density at radius 1 is 1.35 bits per heavy atom. The molecule has 0 aromatic heterocycles. The van der Waals surface area contributed by atoms with Crippen molar-refractivity contribution in [3.8, 4) is 0 Å². The SMILES string of the molecule is O=C(Nc1cccc(Cl)c1)NC1(C(=O)[O-])CC1. The molecule has 0 atom stereocenters. The first-order valence-electron chi connectivity index (χ1n) is 5.08. The van der Waals surface area contributed by atoms with Crippen molar-refractivity contribution < 1.29 is 14.7 Å². The Labute approximate surface area is 103 Å². The number of carbonyl (C=O) groups excluding carboxylic acids is 2. The fraction of sp³-hybridized carbons (Fsp3) is 0.273. The molecule has 17 heavy (non-hydrogen) atoms. The zero-order valence-corrected chi connectivity index (χ0v) is 9.58. The Morgan fingerprint density at radius 2 is 2.06 bits per heavy atom. The molecule has 2 N–H and O–H groups in total. The van der Waals surface area contributed by atoms with Crippen molar-refractivity contribution in [2.45, 2.75) is 18.4 Å². The van der Waals surface area contributed by atoms with Crippen LogP contribution < -0.4 is 15.7 Å². The first-order chi connectivity index (χ1) is 8.02. The Hall–Kier alpha value is -1.75. The van der Waals surface area contributed by atoms with Gasteiger partial charge in [0.1, 0.15) is 0 Å². The third-order valence-corrected chi connectivity index (χ3v) is 2.81. The summed E-state index contributed by atoms with van der Waals surface area (Å²) in [7, 11) is 0. The largest absolute Gasteiger partial charge is 0.548 e. The molecule has 0 heterocycles. The molecule has 0 radical (unpaired) electrons. The van der Waals surface area contributed by atoms with Crippen LogP contribution in [0.5, 0.6) is 0 Å². The minimum absolute atomic E-state index is 0.401. The summed E-state index contributed by atoms with van der Waals surface area (Å²) in [6.45, 7) is 0. The second-order valence-corrected chi connectivity index (χ2v) is 4.40. The highest BCUT2D eigenvalue weighted by Crippen LogP contribution is 2.34. The number of hydrogen-bond acceptors (Lipinski definition) is 3. The summed E-state index contributed by atoms with van der Waals surface area (Å²) in [6.07, 6.45) is 0.802. The number of benzene rings is 1. The first-order valence-corrected chi connectivity index (χ1v) is 5.46. The molecule has 1 aliphatic rings. The third-order valence-electron chi connectivity index (χ3n) is 2.58. The lowest BCUT2D eigenvalue weighted by Gasteiger charge is -2.18. The van der Waals surface area contributed by atoms with E-state index in [9.17, 15) is 14.7 Å². The van der Waals surface area contributed by atoms with E-state index in [1.807, 2.05) is 0 Å². The van der Waals surface area contributed by atoms with Crippen molar-refractivity contribution in [2.75, 3.05) is 5.32 Å². The molecule has 2 rings (SSSR count). The number of carboxylic acids is 1. The molecule has 0 unspecified atom stereocenters. The summed E-state index contributed by atoms with van der Waals surface area (Å²) in [5.41, 5.74) is -0.688. The topological polar surface area (TPSA) is 81.3 Å². The van der Waals surface area contributed by atoms with E-state index < -0.39 is 17.5 Å². The summed E-state index contributed by atoms with van der Waals surface area (Å²) in [4.78, 5) is 22.3. The fourth-order valence-corrected chi connectivity index (χ4v) is 1.64. The van der Waals surface area contributed by atoms with Gasteiger partial charge >= 0.3 is 6.03 Å². The lowest BCUT2D eigenvalue weighted by atomic mass is 10.3. The van der Waals surface area contributed by atoms with Crippen LogP contribution in [0.2, 0.25) is 5.02 Å². The second-order valence-electron chi connectivity index (χ2n) is 3.96. The third kappa shape index (κ3) is 2.68. The molecule has 6 heteroatoms. The van der Waals surface area contributed by atoms with Gasteiger partial charge in [0.25, 0.3) is 0 Å². The quantitative estimate of drug-likeness (QED) is 0.834. The van der Waals surface area contributed by atoms with Gasteiger partial charge in [-0.1, -0.05) is 17.7 Å². The van der Waals surface area contributed by atoms with Crippen molar-refractivity contribution >= 4 is 29.3 Å². The zero-order chi connectivity index (χ0) is 12.5. The molecule has 1 aliphatic carbocycles. The van der Waals surface area contributed by atoms with E-state index in [-0.39, 0.29) is 0 Å². The first kappa shape index (κ1) is 11.7. The smallest absolute Gasteiger partial charge is 0.319 e. The van der Waals surface area contributed by atoms with Gasteiger partial charge in [0.15, 0.2) is 0 Å². The lowest BCUT2D eigenvalue weighted by molar-refractivity contribution is -0.309. The van der Waals surface area contributed by atoms with Crippen LogP contribution in [0.4, 0.5) is 10.5 Å². The highest BCUT2D eigenvalue weighted by atomic mass is 35.5. The minimum atomic E-state index is -1.25. The van der Waals surface area contributed by atoms with E-state index in [4.69, 9.17) is 11.6 Å². The molecule has 1 aromatic rings. The van der Waals surface area contributed by atoms with Crippen LogP contribution in [0.25, 0.3) is 0 Å². The van der Waals surface area contributed by atoms with Crippen molar-refractivity contribution in [1.29, 1.82) is 0 Å². The van der Waals surface area contributed by atoms with Gasteiger partial charge < -0.3 is 20.5 Å². The number of nitrogens with one attached hydrogen (secondary N) is 2. The molecule has 5 nitrogen and oxygen atoms in total. The predicted octanol–water partition coefficient (Wildman–Crippen LogP) is 0.744. The van der Waals surface area contributed by atoms with E-state index in [0.717, 1.165) is 0 Å². The van der Waals surface area contributed by atoms with Crippen LogP contribution in [0, 0.1) is 0 Å². The van der Waals surface area contributed by atoms with Gasteiger partial charge in [-0.3, -0.25) is 0 Å². The number of carboxylic acid groups (broad SMARTS) is 1. The molecule has 1 saturated carbocycles. The van der Waals surface area contributed by atoms with Crippen molar-refractivity contribution in [3.05, 3.63) is 29.3 Å². The van der Waals surface area contributed by atoms with Gasteiger partial charge in [0.05, 0.1) is 11.5 Å². The molecular weight excluding hydrogens is 244 g/mol. The zero-order valence-electron chi connectivity index (χ0n) is 8.83. The van der Waals surface area contributed by atoms with E-state index in [1.54, 1.807) is 24.3 Å².